The minimum absolute atomic E-state index is 0.0110. The van der Waals surface area contributed by atoms with Crippen molar-refractivity contribution in [2.24, 2.45) is 5.92 Å². The van der Waals surface area contributed by atoms with Crippen LogP contribution in [0.4, 0.5) is 11.5 Å². The van der Waals surface area contributed by atoms with Gasteiger partial charge in [0.2, 0.25) is 15.9 Å². The van der Waals surface area contributed by atoms with Crippen LogP contribution in [0.5, 0.6) is 0 Å². The second kappa shape index (κ2) is 15.4. The Kier molecular flexibility index (Phi) is 10.1. The summed E-state index contributed by atoms with van der Waals surface area (Å²) in [5.41, 5.74) is 7.41. The highest BCUT2D eigenvalue weighted by Crippen LogP contribution is 2.47. The van der Waals surface area contributed by atoms with Crippen molar-refractivity contribution >= 4 is 72.5 Å². The number of aliphatic hydroxyl groups is 1. The summed E-state index contributed by atoms with van der Waals surface area (Å²) < 4.78 is 33.5. The number of hydrogen-bond donors (Lipinski definition) is 3. The van der Waals surface area contributed by atoms with Crippen LogP contribution in [0.15, 0.2) is 77.5 Å². The third kappa shape index (κ3) is 7.23. The zero-order valence-electron chi connectivity index (χ0n) is 33.4. The Morgan fingerprint density at radius 2 is 1.77 bits per heavy atom. The first-order valence-corrected chi connectivity index (χ1v) is 22.9. The van der Waals surface area contributed by atoms with E-state index in [1.54, 1.807) is 13.1 Å². The van der Waals surface area contributed by atoms with E-state index in [9.17, 15) is 23.6 Å². The Balaban J connectivity index is 0.904. The van der Waals surface area contributed by atoms with Crippen LogP contribution in [0.2, 0.25) is 10.0 Å². The number of nitriles is 1. The number of aliphatic hydroxyl groups excluding tert-OH is 1. The predicted octanol–water partition coefficient (Wildman–Crippen LogP) is 8.51. The maximum atomic E-state index is 13.1. The molecule has 3 atom stereocenters. The number of benzene rings is 3. The molecule has 2 aliphatic heterocycles. The van der Waals surface area contributed by atoms with E-state index in [2.05, 4.69) is 43.0 Å². The third-order valence-electron chi connectivity index (χ3n) is 13.1. The average Bonchev–Trinajstić information content (AvgIpc) is 3.70. The van der Waals surface area contributed by atoms with Gasteiger partial charge in [-0.25, -0.2) is 13.4 Å². The van der Waals surface area contributed by atoms with Crippen LogP contribution in [-0.4, -0.2) is 76.2 Å². The Morgan fingerprint density at radius 1 is 0.984 bits per heavy atom. The van der Waals surface area contributed by atoms with E-state index in [0.29, 0.717) is 113 Å². The van der Waals surface area contributed by atoms with Crippen LogP contribution in [0.1, 0.15) is 67.3 Å². The Labute approximate surface area is 363 Å². The number of furan rings is 1. The minimum atomic E-state index is -3.71. The lowest BCUT2D eigenvalue weighted by Crippen LogP contribution is -2.42. The number of sulfonamides is 1. The maximum Gasteiger partial charge on any atom is 0.240 e. The van der Waals surface area contributed by atoms with Gasteiger partial charge >= 0.3 is 0 Å². The lowest BCUT2D eigenvalue weighted by molar-refractivity contribution is -0.122. The largest absolute Gasteiger partial charge is 0.455 e. The van der Waals surface area contributed by atoms with Gasteiger partial charge in [0.1, 0.15) is 17.3 Å². The first-order valence-electron chi connectivity index (χ1n) is 20.7. The first-order chi connectivity index (χ1) is 29.4. The van der Waals surface area contributed by atoms with Crippen molar-refractivity contribution in [3.8, 4) is 28.5 Å². The van der Waals surface area contributed by atoms with Crippen LogP contribution < -0.4 is 10.0 Å². The molecule has 12 nitrogen and oxygen atoms in total. The van der Waals surface area contributed by atoms with Gasteiger partial charge in [0.05, 0.1) is 38.1 Å². The van der Waals surface area contributed by atoms with E-state index in [-0.39, 0.29) is 12.1 Å². The van der Waals surface area contributed by atoms with Gasteiger partial charge in [0.25, 0.3) is 0 Å². The van der Waals surface area contributed by atoms with Crippen molar-refractivity contribution in [1.82, 2.24) is 24.5 Å². The molecular formula is C46H43Cl2N7O5S. The second-order valence-electron chi connectivity index (χ2n) is 17.1. The summed E-state index contributed by atoms with van der Waals surface area (Å²) in [5, 5.41) is 26.4. The summed E-state index contributed by atoms with van der Waals surface area (Å²) in [6.45, 7) is 5.01. The highest BCUT2D eigenvalue weighted by Gasteiger charge is 2.51. The molecule has 0 radical (unpaired) electrons. The smallest absolute Gasteiger partial charge is 0.240 e. The number of amides is 1. The number of pyridine rings is 2. The number of rotatable bonds is 10. The lowest BCUT2D eigenvalue weighted by Gasteiger charge is -2.25. The molecule has 3 N–H and O–H groups in total. The molecule has 2 aliphatic carbocycles. The standard InChI is InChI=1S/C46H43Cl2N7O5S/c1-46(13-14-46)61(58,59)53-45(57)28-11-17-55(24-28)38-9-8-31-35(38)19-29-20-39(60-43(29)36(31)21-49)34-6-2-4-32(40(34)47)33-5-3-7-37(41(33)48)52-44-42-27(10-15-50-44)18-26(22-51-42)23-54-16-12-30(56)25-54/h2-7,10,15,18-20,22,28,30,38,56H,8-9,11-14,16-17,23-25H2,1H3,(H,50,52)(H,53,57)/t28-,30-,38-/m1/s1. The molecule has 10 rings (SSSR count). The molecule has 2 saturated heterocycles. The molecule has 3 aromatic heterocycles. The van der Waals surface area contributed by atoms with Gasteiger partial charge in [-0.15, -0.1) is 0 Å². The van der Waals surface area contributed by atoms with Crippen LogP contribution in [0, 0.1) is 17.2 Å². The Hall–Kier alpha value is -5.07. The van der Waals surface area contributed by atoms with Crippen molar-refractivity contribution in [1.29, 1.82) is 5.26 Å². The molecule has 0 unspecified atom stereocenters. The maximum absolute atomic E-state index is 13.1. The molecule has 3 fully saturated rings. The van der Waals surface area contributed by atoms with Gasteiger partial charge in [-0.1, -0.05) is 47.5 Å². The Bertz CT molecular complexity index is 2930. The van der Waals surface area contributed by atoms with Gasteiger partial charge in [-0.2, -0.15) is 5.26 Å². The first kappa shape index (κ1) is 40.0. The molecule has 61 heavy (non-hydrogen) atoms. The predicted molar refractivity (Wildman–Crippen MR) is 236 cm³/mol. The van der Waals surface area contributed by atoms with E-state index in [4.69, 9.17) is 32.6 Å². The molecule has 0 bridgehead atoms. The van der Waals surface area contributed by atoms with Crippen molar-refractivity contribution < 1.29 is 22.7 Å². The molecule has 0 spiro atoms. The topological polar surface area (TPSA) is 165 Å². The Morgan fingerprint density at radius 3 is 2.54 bits per heavy atom. The second-order valence-corrected chi connectivity index (χ2v) is 20.1. The molecule has 15 heteroatoms. The molecule has 1 amide bonds. The van der Waals surface area contributed by atoms with E-state index < -0.39 is 26.6 Å². The number of aromatic nitrogens is 2. The fourth-order valence-corrected chi connectivity index (χ4v) is 11.3. The van der Waals surface area contributed by atoms with Crippen molar-refractivity contribution in [2.45, 2.75) is 68.9 Å². The fraction of sp³-hybridized carbons (Fsp3) is 0.348. The van der Waals surface area contributed by atoms with Gasteiger partial charge in [-0.3, -0.25) is 24.3 Å². The number of nitrogens with one attached hydrogen (secondary N) is 2. The third-order valence-corrected chi connectivity index (χ3v) is 16.1. The van der Waals surface area contributed by atoms with E-state index >= 15 is 0 Å². The van der Waals surface area contributed by atoms with Crippen LogP contribution in [-0.2, 0) is 27.8 Å². The normalized spacial score (nSPS) is 21.2. The monoisotopic (exact) mass is 875 g/mol. The molecule has 1 saturated carbocycles. The number of β-amino-alcohol motifs (C(OH)–C–C–N with tert-alkyl or cyclic N) is 1. The van der Waals surface area contributed by atoms with Gasteiger partial charge in [-0.05, 0) is 105 Å². The van der Waals surface area contributed by atoms with Gasteiger partial charge < -0.3 is 14.8 Å². The van der Waals surface area contributed by atoms with E-state index in [1.165, 1.54) is 0 Å². The molecular weight excluding hydrogens is 834 g/mol. The van der Waals surface area contributed by atoms with Crippen LogP contribution >= 0.6 is 23.2 Å². The number of halogens is 2. The average molecular weight is 877 g/mol. The minimum Gasteiger partial charge on any atom is -0.455 e. The highest BCUT2D eigenvalue weighted by molar-refractivity contribution is 7.91. The molecule has 4 aliphatic rings. The van der Waals surface area contributed by atoms with Crippen molar-refractivity contribution in [3.05, 3.63) is 105 Å². The van der Waals surface area contributed by atoms with Gasteiger partial charge in [0.15, 0.2) is 11.4 Å². The molecule has 3 aromatic carbocycles. The number of likely N-dealkylation sites (tertiary alicyclic amines) is 2. The number of nitrogens with zero attached hydrogens (tertiary/aromatic N) is 5. The van der Waals surface area contributed by atoms with Crippen molar-refractivity contribution in [3.63, 3.8) is 0 Å². The van der Waals surface area contributed by atoms with Crippen LogP contribution in [0.25, 0.3) is 44.3 Å². The summed E-state index contributed by atoms with van der Waals surface area (Å²) in [6.07, 6.45) is 7.26. The molecule has 5 heterocycles. The zero-order valence-corrected chi connectivity index (χ0v) is 35.7. The summed E-state index contributed by atoms with van der Waals surface area (Å²) in [5.74, 6) is 0.212. The fourth-order valence-electron chi connectivity index (χ4n) is 9.34. The summed E-state index contributed by atoms with van der Waals surface area (Å²) >= 11 is 14.4. The summed E-state index contributed by atoms with van der Waals surface area (Å²) in [4.78, 5) is 26.9. The van der Waals surface area contributed by atoms with Crippen LogP contribution in [0.3, 0.4) is 0 Å². The number of anilines is 2. The number of carbonyl (C=O) groups is 1. The quantitative estimate of drug-likeness (QED) is 0.121. The molecule has 312 valence electrons. The lowest BCUT2D eigenvalue weighted by atomic mass is 9.98. The number of fused-ring (bicyclic) bond motifs is 3. The summed E-state index contributed by atoms with van der Waals surface area (Å²) in [7, 11) is -3.71. The van der Waals surface area contributed by atoms with Crippen molar-refractivity contribution in [2.75, 3.05) is 31.5 Å². The number of carbonyl (C=O) groups excluding carboxylic acids is 1. The van der Waals surface area contributed by atoms with Gasteiger partial charge in [0, 0.05) is 72.1 Å². The number of hydrogen-bond acceptors (Lipinski definition) is 11. The summed E-state index contributed by atoms with van der Waals surface area (Å²) in [6, 6.07) is 21.8. The van der Waals surface area contributed by atoms with E-state index in [1.807, 2.05) is 54.7 Å². The zero-order chi connectivity index (χ0) is 42.2. The molecule has 6 aromatic rings. The highest BCUT2D eigenvalue weighted by atomic mass is 35.5. The van der Waals surface area contributed by atoms with E-state index in [0.717, 1.165) is 46.8 Å². The SMILES string of the molecule is CC1(S(=O)(=O)NC(=O)[C@@H]2CCN([C@@H]3CCc4c3cc3cc(-c5cccc(-c6cccc(Nc7nccc8cc(CN9CC[C@@H](O)C9)cnc78)c6Cl)c5Cl)oc3c4C#N)C2)CC1.